The van der Waals surface area contributed by atoms with Crippen LogP contribution in [0.3, 0.4) is 0 Å². The molecule has 1 aromatic heterocycles. The van der Waals surface area contributed by atoms with Gasteiger partial charge in [0.1, 0.15) is 35.2 Å². The van der Waals surface area contributed by atoms with Gasteiger partial charge in [-0.1, -0.05) is 12.1 Å². The number of fused-ring (bicyclic) bond motifs is 3. The Morgan fingerprint density at radius 2 is 1.77 bits per heavy atom. The summed E-state index contributed by atoms with van der Waals surface area (Å²) in [6.45, 7) is 2.54. The zero-order valence-corrected chi connectivity index (χ0v) is 21.9. The number of anilines is 2. The maximum Gasteiger partial charge on any atom is 0.244 e. The van der Waals surface area contributed by atoms with E-state index in [1.165, 1.54) is 18.7 Å². The highest BCUT2D eigenvalue weighted by Crippen LogP contribution is 2.47. The van der Waals surface area contributed by atoms with Crippen LogP contribution in [-0.4, -0.2) is 39.9 Å². The lowest BCUT2D eigenvalue weighted by atomic mass is 9.77. The van der Waals surface area contributed by atoms with Gasteiger partial charge in [-0.3, -0.25) is 19.2 Å². The van der Waals surface area contributed by atoms with E-state index in [9.17, 15) is 28.0 Å². The van der Waals surface area contributed by atoms with Crippen LogP contribution in [0.15, 0.2) is 54.7 Å². The fourth-order valence-electron chi connectivity index (χ4n) is 6.11. The van der Waals surface area contributed by atoms with E-state index in [1.54, 1.807) is 18.3 Å². The summed E-state index contributed by atoms with van der Waals surface area (Å²) in [4.78, 5) is 57.7. The summed E-state index contributed by atoms with van der Waals surface area (Å²) in [6, 6.07) is 11.0. The lowest BCUT2D eigenvalue weighted by Gasteiger charge is -2.41. The van der Waals surface area contributed by atoms with Crippen LogP contribution in [0.5, 0.6) is 0 Å². The first-order valence-electron chi connectivity index (χ1n) is 13.0. The van der Waals surface area contributed by atoms with E-state index in [-0.39, 0.29) is 23.7 Å². The van der Waals surface area contributed by atoms with Crippen LogP contribution in [0.2, 0.25) is 0 Å². The topological polar surface area (TPSA) is 108 Å². The van der Waals surface area contributed by atoms with Crippen LogP contribution in [0.1, 0.15) is 48.6 Å². The maximum atomic E-state index is 14.0. The third-order valence-corrected chi connectivity index (χ3v) is 8.30. The molecule has 6 rings (SSSR count). The fourth-order valence-corrected chi connectivity index (χ4v) is 6.11. The number of carbonyl (C=O) groups excluding carboxylic acids is 4. The number of hydrogen-bond donors (Lipinski definition) is 2. The lowest BCUT2D eigenvalue weighted by molar-refractivity contribution is -0.157. The summed E-state index contributed by atoms with van der Waals surface area (Å²) < 4.78 is 28.0. The Kier molecular flexibility index (Phi) is 5.83. The van der Waals surface area contributed by atoms with Gasteiger partial charge in [-0.2, -0.15) is 0 Å². The molecule has 10 heteroatoms. The number of rotatable bonds is 4. The quantitative estimate of drug-likeness (QED) is 0.485. The van der Waals surface area contributed by atoms with Crippen LogP contribution in [0.4, 0.5) is 20.3 Å². The number of aromatic nitrogens is 1. The van der Waals surface area contributed by atoms with Crippen molar-refractivity contribution < 1.29 is 28.0 Å². The Bertz CT molecular complexity index is 1600. The second-order valence-electron chi connectivity index (χ2n) is 11.2. The summed E-state index contributed by atoms with van der Waals surface area (Å²) in [5, 5.41) is 5.67. The Morgan fingerprint density at radius 3 is 2.52 bits per heavy atom. The minimum Gasteiger partial charge on any atom is -0.325 e. The number of pyridine rings is 1. The van der Waals surface area contributed by atoms with Gasteiger partial charge in [-0.05, 0) is 73.7 Å². The van der Waals surface area contributed by atoms with E-state index in [4.69, 9.17) is 0 Å². The van der Waals surface area contributed by atoms with Crippen molar-refractivity contribution >= 4 is 35.0 Å². The first-order chi connectivity index (χ1) is 19.0. The van der Waals surface area contributed by atoms with E-state index < -0.39 is 46.9 Å². The van der Waals surface area contributed by atoms with Crippen molar-refractivity contribution in [1.82, 2.24) is 9.88 Å². The molecular formula is C30H26F2N4O4. The van der Waals surface area contributed by atoms with Crippen molar-refractivity contribution in [3.05, 3.63) is 88.6 Å². The molecule has 3 aromatic rings. The summed E-state index contributed by atoms with van der Waals surface area (Å²) >= 11 is 0. The molecule has 204 valence electrons. The Morgan fingerprint density at radius 1 is 1.05 bits per heavy atom. The number of likely N-dealkylation sites (tertiary alicyclic amines) is 1. The number of amides is 3. The Balaban J connectivity index is 1.23. The van der Waals surface area contributed by atoms with Gasteiger partial charge in [-0.15, -0.1) is 0 Å². The second kappa shape index (κ2) is 9.04. The summed E-state index contributed by atoms with van der Waals surface area (Å²) in [6.07, 6.45) is 2.42. The van der Waals surface area contributed by atoms with Crippen molar-refractivity contribution in [3.63, 3.8) is 0 Å². The number of nitrogens with one attached hydrogen (secondary N) is 2. The monoisotopic (exact) mass is 544 g/mol. The predicted molar refractivity (Wildman–Crippen MR) is 141 cm³/mol. The first-order valence-corrected chi connectivity index (χ1v) is 13.0. The van der Waals surface area contributed by atoms with Gasteiger partial charge >= 0.3 is 0 Å². The first kappa shape index (κ1) is 25.8. The molecule has 1 fully saturated rings. The number of ketones is 1. The van der Waals surface area contributed by atoms with Gasteiger partial charge in [0.15, 0.2) is 0 Å². The molecule has 0 unspecified atom stereocenters. The highest BCUT2D eigenvalue weighted by atomic mass is 19.1. The molecular weight excluding hydrogens is 518 g/mol. The highest BCUT2D eigenvalue weighted by molar-refractivity contribution is 6.09. The van der Waals surface area contributed by atoms with E-state index in [2.05, 4.69) is 15.6 Å². The van der Waals surface area contributed by atoms with Gasteiger partial charge < -0.3 is 15.5 Å². The second-order valence-corrected chi connectivity index (χ2v) is 11.2. The van der Waals surface area contributed by atoms with Gasteiger partial charge in [0.05, 0.1) is 11.5 Å². The Hall–Kier alpha value is -4.47. The average molecular weight is 545 g/mol. The SMILES string of the molecule is CC1(C)C(=O)C[C@@H](c2cc(F)cc(F)c2)N(CC(=O)Nc2ccc3c(c2)C[C@@]2(C3)C(=O)Nc3ncccc32)C1=O. The predicted octanol–water partition coefficient (Wildman–Crippen LogP) is 3.86. The standard InChI is InChI=1S/C30H26F2N4O4/c1-29(2)24(37)12-23(17-8-19(31)11-20(32)9-17)36(28(29)40)15-25(38)34-21-6-5-16-13-30(14-18(16)10-21)22-4-3-7-33-26(22)35-27(30)39/h3-11,23H,12-15H2,1-2H3,(H,34,38)(H,33,35,39)/t23-,30+/m0/s1. The molecule has 0 radical (unpaired) electrons. The normalized spacial score (nSPS) is 22.8. The molecule has 2 atom stereocenters. The number of benzene rings is 2. The van der Waals surface area contributed by atoms with Crippen molar-refractivity contribution in [3.8, 4) is 0 Å². The molecule has 1 saturated heterocycles. The molecule has 2 aliphatic heterocycles. The van der Waals surface area contributed by atoms with Crippen molar-refractivity contribution in [2.75, 3.05) is 17.2 Å². The minimum atomic E-state index is -1.38. The zero-order chi connectivity index (χ0) is 28.4. The summed E-state index contributed by atoms with van der Waals surface area (Å²) in [5.41, 5.74) is 1.22. The number of piperidine rings is 1. The molecule has 40 heavy (non-hydrogen) atoms. The van der Waals surface area contributed by atoms with Crippen LogP contribution >= 0.6 is 0 Å². The molecule has 3 aliphatic rings. The van der Waals surface area contributed by atoms with Gasteiger partial charge in [0, 0.05) is 29.9 Å². The molecule has 2 aromatic carbocycles. The summed E-state index contributed by atoms with van der Waals surface area (Å²) in [7, 11) is 0. The number of hydrogen-bond acceptors (Lipinski definition) is 5. The fraction of sp³-hybridized carbons (Fsp3) is 0.300. The highest BCUT2D eigenvalue weighted by Gasteiger charge is 2.51. The average Bonchev–Trinajstić information content (AvgIpc) is 3.41. The zero-order valence-electron chi connectivity index (χ0n) is 21.9. The maximum absolute atomic E-state index is 14.0. The summed E-state index contributed by atoms with van der Waals surface area (Å²) in [5.74, 6) is -2.71. The van der Waals surface area contributed by atoms with Crippen molar-refractivity contribution in [1.29, 1.82) is 0 Å². The molecule has 8 nitrogen and oxygen atoms in total. The Labute approximate surface area is 228 Å². The van der Waals surface area contributed by atoms with Gasteiger partial charge in [0.2, 0.25) is 17.7 Å². The minimum absolute atomic E-state index is 0.106. The van der Waals surface area contributed by atoms with Crippen LogP contribution < -0.4 is 10.6 Å². The van der Waals surface area contributed by atoms with Crippen molar-refractivity contribution in [2.24, 2.45) is 5.41 Å². The van der Waals surface area contributed by atoms with E-state index in [0.29, 0.717) is 30.4 Å². The molecule has 0 saturated carbocycles. The van der Waals surface area contributed by atoms with Crippen LogP contribution in [0.25, 0.3) is 0 Å². The number of carbonyl (C=O) groups is 4. The molecule has 2 N–H and O–H groups in total. The largest absolute Gasteiger partial charge is 0.325 e. The third-order valence-electron chi connectivity index (χ3n) is 8.30. The van der Waals surface area contributed by atoms with Crippen LogP contribution in [-0.2, 0) is 37.4 Å². The number of halogens is 2. The van der Waals surface area contributed by atoms with Gasteiger partial charge in [0.25, 0.3) is 0 Å². The molecule has 0 bridgehead atoms. The molecule has 3 amide bonds. The smallest absolute Gasteiger partial charge is 0.244 e. The third kappa shape index (κ3) is 4.06. The van der Waals surface area contributed by atoms with Crippen molar-refractivity contribution in [2.45, 2.75) is 44.6 Å². The van der Waals surface area contributed by atoms with Crippen LogP contribution in [0, 0.1) is 17.0 Å². The van der Waals surface area contributed by atoms with E-state index in [1.807, 2.05) is 18.2 Å². The molecule has 3 heterocycles. The lowest BCUT2D eigenvalue weighted by Crippen LogP contribution is -2.54. The molecule has 1 aliphatic carbocycles. The van der Waals surface area contributed by atoms with E-state index >= 15 is 0 Å². The molecule has 1 spiro atoms. The van der Waals surface area contributed by atoms with Gasteiger partial charge in [-0.25, -0.2) is 13.8 Å². The number of nitrogens with zero attached hydrogens (tertiary/aromatic N) is 2. The number of Topliss-reactive ketones (excluding diaryl/α,β-unsaturated/α-hetero) is 1. The van der Waals surface area contributed by atoms with E-state index in [0.717, 1.165) is 28.8 Å².